The zero-order valence-electron chi connectivity index (χ0n) is 13.2. The molecule has 0 spiro atoms. The van der Waals surface area contributed by atoms with Gasteiger partial charge < -0.3 is 15.6 Å². The van der Waals surface area contributed by atoms with E-state index in [-0.39, 0.29) is 11.5 Å². The molecule has 0 amide bonds. The number of aromatic amines is 1. The van der Waals surface area contributed by atoms with Crippen molar-refractivity contribution in [1.82, 2.24) is 20.3 Å². The first-order valence-electron chi connectivity index (χ1n) is 8.22. The van der Waals surface area contributed by atoms with Crippen molar-refractivity contribution in [2.24, 2.45) is 0 Å². The third kappa shape index (κ3) is 2.88. The molecule has 0 aliphatic carbocycles. The van der Waals surface area contributed by atoms with Crippen LogP contribution in [0, 0.1) is 0 Å². The lowest BCUT2D eigenvalue weighted by atomic mass is 10.1. The third-order valence-electron chi connectivity index (χ3n) is 4.34. The number of hydrogen-bond donors (Lipinski definition) is 3. The zero-order valence-corrected chi connectivity index (χ0v) is 13.2. The predicted molar refractivity (Wildman–Crippen MR) is 95.1 cm³/mol. The fourth-order valence-corrected chi connectivity index (χ4v) is 3.13. The monoisotopic (exact) mass is 321 g/mol. The van der Waals surface area contributed by atoms with Crippen molar-refractivity contribution in [2.75, 3.05) is 18.4 Å². The van der Waals surface area contributed by atoms with Crippen molar-refractivity contribution in [3.63, 3.8) is 0 Å². The Morgan fingerprint density at radius 2 is 2.04 bits per heavy atom. The fourth-order valence-electron chi connectivity index (χ4n) is 3.13. The summed E-state index contributed by atoms with van der Waals surface area (Å²) >= 11 is 0. The Kier molecular flexibility index (Phi) is 3.96. The van der Waals surface area contributed by atoms with E-state index in [1.54, 1.807) is 6.07 Å². The topological polar surface area (TPSA) is 82.7 Å². The summed E-state index contributed by atoms with van der Waals surface area (Å²) < 4.78 is 0. The first-order valence-corrected chi connectivity index (χ1v) is 8.22. The summed E-state index contributed by atoms with van der Waals surface area (Å²) in [6, 6.07) is 11.7. The lowest BCUT2D eigenvalue weighted by molar-refractivity contribution is 0.479. The summed E-state index contributed by atoms with van der Waals surface area (Å²) in [6.07, 6.45) is 3.68. The molecule has 1 unspecified atom stereocenters. The van der Waals surface area contributed by atoms with Crippen LogP contribution in [0.2, 0.25) is 0 Å². The number of H-pyrrole nitrogens is 1. The van der Waals surface area contributed by atoms with Gasteiger partial charge in [0.05, 0.1) is 5.69 Å². The van der Waals surface area contributed by atoms with E-state index in [1.165, 1.54) is 6.33 Å². The van der Waals surface area contributed by atoms with E-state index in [0.717, 1.165) is 37.2 Å². The minimum absolute atomic E-state index is 0.0746. The molecule has 4 rings (SSSR count). The van der Waals surface area contributed by atoms with E-state index < -0.39 is 0 Å². The van der Waals surface area contributed by atoms with Gasteiger partial charge in [-0.05, 0) is 24.9 Å². The molecule has 3 N–H and O–H groups in total. The van der Waals surface area contributed by atoms with Crippen LogP contribution in [0.1, 0.15) is 12.8 Å². The highest BCUT2D eigenvalue weighted by atomic mass is 16.1. The van der Waals surface area contributed by atoms with Crippen LogP contribution in [0.15, 0.2) is 47.5 Å². The molecule has 6 nitrogen and oxygen atoms in total. The second-order valence-corrected chi connectivity index (χ2v) is 6.05. The number of hydrogen-bond acceptors (Lipinski definition) is 5. The molecule has 1 atom stereocenters. The lowest BCUT2D eigenvalue weighted by Gasteiger charge is -2.24. The van der Waals surface area contributed by atoms with Crippen molar-refractivity contribution in [1.29, 1.82) is 0 Å². The second-order valence-electron chi connectivity index (χ2n) is 6.05. The number of pyridine rings is 1. The maximum Gasteiger partial charge on any atom is 0.195 e. The molecule has 0 bridgehead atoms. The first kappa shape index (κ1) is 14.8. The van der Waals surface area contributed by atoms with E-state index in [2.05, 4.69) is 25.6 Å². The van der Waals surface area contributed by atoms with Crippen molar-refractivity contribution >= 4 is 16.9 Å². The maximum absolute atomic E-state index is 12.7. The predicted octanol–water partition coefficient (Wildman–Crippen LogP) is 2.15. The molecule has 122 valence electrons. The van der Waals surface area contributed by atoms with Crippen LogP contribution in [0.3, 0.4) is 0 Å². The second kappa shape index (κ2) is 6.41. The summed E-state index contributed by atoms with van der Waals surface area (Å²) in [6.45, 7) is 1.93. The number of nitrogens with zero attached hydrogens (tertiary/aromatic N) is 2. The largest absolute Gasteiger partial charge is 0.365 e. The standard InChI is InChI=1S/C18H19N5O/c24-15-9-14(12-5-2-1-3-6-12)23-18-16(15)17(20-11-21-18)22-13-7-4-8-19-10-13/h1-3,5-6,9,11,13,19H,4,7-8,10H2,(H2,20,21,22,23,24). The summed E-state index contributed by atoms with van der Waals surface area (Å²) in [5.74, 6) is 0.606. The molecule has 3 heterocycles. The lowest BCUT2D eigenvalue weighted by Crippen LogP contribution is -2.38. The number of piperidine rings is 1. The highest BCUT2D eigenvalue weighted by Gasteiger charge is 2.16. The molecule has 6 heteroatoms. The highest BCUT2D eigenvalue weighted by molar-refractivity contribution is 5.87. The van der Waals surface area contributed by atoms with Gasteiger partial charge >= 0.3 is 0 Å². The normalized spacial score (nSPS) is 17.8. The van der Waals surface area contributed by atoms with E-state index in [0.29, 0.717) is 16.9 Å². The van der Waals surface area contributed by atoms with Crippen molar-refractivity contribution in [3.8, 4) is 11.3 Å². The number of benzene rings is 1. The Balaban J connectivity index is 1.76. The number of aromatic nitrogens is 3. The first-order chi connectivity index (χ1) is 11.8. The van der Waals surface area contributed by atoms with Gasteiger partial charge in [-0.1, -0.05) is 30.3 Å². The minimum Gasteiger partial charge on any atom is -0.365 e. The molecule has 1 aromatic carbocycles. The highest BCUT2D eigenvalue weighted by Crippen LogP contribution is 2.21. The molecule has 0 radical (unpaired) electrons. The van der Waals surface area contributed by atoms with Crippen molar-refractivity contribution in [3.05, 3.63) is 52.9 Å². The molecule has 1 aliphatic heterocycles. The van der Waals surface area contributed by atoms with Crippen LogP contribution in [-0.4, -0.2) is 34.1 Å². The van der Waals surface area contributed by atoms with Crippen LogP contribution in [-0.2, 0) is 0 Å². The fraction of sp³-hybridized carbons (Fsp3) is 0.278. The summed E-state index contributed by atoms with van der Waals surface area (Å²) in [7, 11) is 0. The molecule has 3 aromatic rings. The van der Waals surface area contributed by atoms with E-state index in [9.17, 15) is 4.79 Å². The van der Waals surface area contributed by atoms with Gasteiger partial charge in [0.15, 0.2) is 5.43 Å². The van der Waals surface area contributed by atoms with Gasteiger partial charge in [-0.2, -0.15) is 0 Å². The molecular weight excluding hydrogens is 302 g/mol. The Morgan fingerprint density at radius 1 is 1.17 bits per heavy atom. The summed E-state index contributed by atoms with van der Waals surface area (Å²) in [4.78, 5) is 24.5. The average molecular weight is 321 g/mol. The van der Waals surface area contributed by atoms with Gasteiger partial charge in [0.2, 0.25) is 0 Å². The van der Waals surface area contributed by atoms with Gasteiger partial charge in [0, 0.05) is 18.7 Å². The van der Waals surface area contributed by atoms with Crippen LogP contribution in [0.4, 0.5) is 5.82 Å². The smallest absolute Gasteiger partial charge is 0.195 e. The quantitative estimate of drug-likeness (QED) is 0.688. The van der Waals surface area contributed by atoms with Gasteiger partial charge in [-0.15, -0.1) is 0 Å². The van der Waals surface area contributed by atoms with Crippen LogP contribution < -0.4 is 16.1 Å². The van der Waals surface area contributed by atoms with E-state index in [4.69, 9.17) is 0 Å². The van der Waals surface area contributed by atoms with Gasteiger partial charge in [0.25, 0.3) is 0 Å². The summed E-state index contributed by atoms with van der Waals surface area (Å²) in [5, 5.41) is 7.26. The maximum atomic E-state index is 12.7. The Hall–Kier alpha value is -2.73. The Morgan fingerprint density at radius 3 is 2.83 bits per heavy atom. The molecule has 1 saturated heterocycles. The molecule has 0 saturated carbocycles. The number of anilines is 1. The SMILES string of the molecule is O=c1cc(-c2ccccc2)[nH]c2ncnc(NC3CCCNC3)c12. The Labute approximate surface area is 139 Å². The van der Waals surface area contributed by atoms with Crippen LogP contribution >= 0.6 is 0 Å². The van der Waals surface area contributed by atoms with Gasteiger partial charge in [-0.3, -0.25) is 4.79 Å². The van der Waals surface area contributed by atoms with E-state index >= 15 is 0 Å². The average Bonchev–Trinajstić information content (AvgIpc) is 2.63. The number of fused-ring (bicyclic) bond motifs is 1. The Bertz CT molecular complexity index is 900. The van der Waals surface area contributed by atoms with Crippen LogP contribution in [0.25, 0.3) is 22.3 Å². The number of rotatable bonds is 3. The molecule has 2 aromatic heterocycles. The van der Waals surface area contributed by atoms with Crippen molar-refractivity contribution < 1.29 is 0 Å². The molecule has 1 fully saturated rings. The van der Waals surface area contributed by atoms with E-state index in [1.807, 2.05) is 30.3 Å². The van der Waals surface area contributed by atoms with Gasteiger partial charge in [-0.25, -0.2) is 9.97 Å². The third-order valence-corrected chi connectivity index (χ3v) is 4.34. The molecule has 24 heavy (non-hydrogen) atoms. The zero-order chi connectivity index (χ0) is 16.4. The van der Waals surface area contributed by atoms with Gasteiger partial charge in [0.1, 0.15) is 23.2 Å². The number of nitrogens with one attached hydrogen (secondary N) is 3. The summed E-state index contributed by atoms with van der Waals surface area (Å²) in [5.41, 5.74) is 2.20. The molecule has 1 aliphatic rings. The minimum atomic E-state index is -0.0746. The molecular formula is C18H19N5O. The van der Waals surface area contributed by atoms with Crippen molar-refractivity contribution in [2.45, 2.75) is 18.9 Å². The van der Waals surface area contributed by atoms with Crippen LogP contribution in [0.5, 0.6) is 0 Å².